The van der Waals surface area contributed by atoms with Gasteiger partial charge in [-0.1, -0.05) is 11.8 Å². The summed E-state index contributed by atoms with van der Waals surface area (Å²) in [5.41, 5.74) is 0. The molecule has 1 aliphatic heterocycles. The van der Waals surface area contributed by atoms with Crippen LogP contribution in [0.4, 0.5) is 11.6 Å². The van der Waals surface area contributed by atoms with E-state index in [0.717, 1.165) is 36.6 Å². The normalized spacial score (nSPS) is 20.4. The van der Waals surface area contributed by atoms with Crippen molar-refractivity contribution in [1.29, 1.82) is 0 Å². The Balaban J connectivity index is 2.29. The maximum absolute atomic E-state index is 5.44. The first-order valence-electron chi connectivity index (χ1n) is 5.70. The van der Waals surface area contributed by atoms with Crippen molar-refractivity contribution in [2.45, 2.75) is 18.1 Å². The highest BCUT2D eigenvalue weighted by Gasteiger charge is 2.21. The lowest BCUT2D eigenvalue weighted by Gasteiger charge is -2.34. The van der Waals surface area contributed by atoms with Gasteiger partial charge in [-0.3, -0.25) is 0 Å². The molecule has 1 unspecified atom stereocenters. The first-order valence-corrected chi connectivity index (χ1v) is 6.92. The number of aromatic nitrogens is 2. The number of rotatable bonds is 3. The van der Waals surface area contributed by atoms with Crippen LogP contribution in [-0.4, -0.2) is 49.1 Å². The molecule has 1 atom stereocenters. The van der Waals surface area contributed by atoms with Gasteiger partial charge in [0.1, 0.15) is 11.6 Å². The first-order chi connectivity index (χ1) is 8.24. The van der Waals surface area contributed by atoms with E-state index in [4.69, 9.17) is 4.74 Å². The average Bonchev–Trinajstić information content (AvgIpc) is 2.38. The van der Waals surface area contributed by atoms with Crippen molar-refractivity contribution < 1.29 is 4.74 Å². The molecule has 0 spiro atoms. The van der Waals surface area contributed by atoms with E-state index in [0.29, 0.717) is 6.04 Å². The van der Waals surface area contributed by atoms with Crippen molar-refractivity contribution in [3.63, 3.8) is 0 Å². The third kappa shape index (κ3) is 2.81. The standard InChI is InChI=1S/C11H18N4OS/c1-8-7-16-5-4-15(8)10-6-9(12-2)13-11(14-10)17-3/h6,8H,4-5,7H2,1-3H3,(H,12,13,14). The number of ether oxygens (including phenoxy) is 1. The molecule has 1 aliphatic rings. The number of thioether (sulfide) groups is 1. The van der Waals surface area contributed by atoms with Crippen molar-refractivity contribution in [3.8, 4) is 0 Å². The van der Waals surface area contributed by atoms with E-state index < -0.39 is 0 Å². The molecule has 0 amide bonds. The van der Waals surface area contributed by atoms with Crippen molar-refractivity contribution in [3.05, 3.63) is 6.07 Å². The second-order valence-corrected chi connectivity index (χ2v) is 4.74. The first kappa shape index (κ1) is 12.4. The largest absolute Gasteiger partial charge is 0.377 e. The minimum atomic E-state index is 0.359. The van der Waals surface area contributed by atoms with Gasteiger partial charge in [0.2, 0.25) is 0 Å². The fraction of sp³-hybridized carbons (Fsp3) is 0.636. The van der Waals surface area contributed by atoms with Crippen LogP contribution < -0.4 is 10.2 Å². The Labute approximate surface area is 106 Å². The van der Waals surface area contributed by atoms with Crippen molar-refractivity contribution in [2.75, 3.05) is 43.3 Å². The zero-order chi connectivity index (χ0) is 12.3. The molecule has 1 fully saturated rings. The fourth-order valence-electron chi connectivity index (χ4n) is 1.85. The molecule has 5 nitrogen and oxygen atoms in total. The number of hydrogen-bond donors (Lipinski definition) is 1. The molecule has 2 heterocycles. The van der Waals surface area contributed by atoms with Gasteiger partial charge < -0.3 is 15.0 Å². The summed E-state index contributed by atoms with van der Waals surface area (Å²) in [6.45, 7) is 4.56. The molecular weight excluding hydrogens is 236 g/mol. The van der Waals surface area contributed by atoms with E-state index in [-0.39, 0.29) is 0 Å². The Morgan fingerprint density at radius 3 is 3.00 bits per heavy atom. The van der Waals surface area contributed by atoms with Gasteiger partial charge in [0.15, 0.2) is 5.16 Å². The quantitative estimate of drug-likeness (QED) is 0.651. The molecule has 6 heteroatoms. The topological polar surface area (TPSA) is 50.3 Å². The van der Waals surface area contributed by atoms with Crippen LogP contribution in [0.5, 0.6) is 0 Å². The molecule has 0 radical (unpaired) electrons. The van der Waals surface area contributed by atoms with Crippen LogP contribution in [0.3, 0.4) is 0 Å². The lowest BCUT2D eigenvalue weighted by molar-refractivity contribution is 0.0984. The van der Waals surface area contributed by atoms with E-state index in [2.05, 4.69) is 27.1 Å². The third-order valence-corrected chi connectivity index (χ3v) is 3.34. The second-order valence-electron chi connectivity index (χ2n) is 3.97. The molecule has 1 aromatic heterocycles. The highest BCUT2D eigenvalue weighted by Crippen LogP contribution is 2.23. The van der Waals surface area contributed by atoms with Crippen molar-refractivity contribution >= 4 is 23.4 Å². The van der Waals surface area contributed by atoms with Gasteiger partial charge in [-0.05, 0) is 13.2 Å². The van der Waals surface area contributed by atoms with E-state index in [1.807, 2.05) is 19.4 Å². The van der Waals surface area contributed by atoms with Crippen LogP contribution in [-0.2, 0) is 4.74 Å². The Bertz CT molecular complexity index is 365. The minimum Gasteiger partial charge on any atom is -0.377 e. The maximum Gasteiger partial charge on any atom is 0.191 e. The van der Waals surface area contributed by atoms with Crippen LogP contribution in [0.1, 0.15) is 6.92 Å². The van der Waals surface area contributed by atoms with Crippen molar-refractivity contribution in [2.24, 2.45) is 0 Å². The Morgan fingerprint density at radius 2 is 2.35 bits per heavy atom. The monoisotopic (exact) mass is 254 g/mol. The van der Waals surface area contributed by atoms with Gasteiger partial charge in [-0.15, -0.1) is 0 Å². The zero-order valence-corrected chi connectivity index (χ0v) is 11.3. The Hall–Kier alpha value is -1.01. The molecule has 1 saturated heterocycles. The van der Waals surface area contributed by atoms with Crippen molar-refractivity contribution in [1.82, 2.24) is 9.97 Å². The molecule has 0 aromatic carbocycles. The molecule has 1 aromatic rings. The molecular formula is C11H18N4OS. The van der Waals surface area contributed by atoms with Crippen LogP contribution in [0.25, 0.3) is 0 Å². The molecule has 2 rings (SSSR count). The Morgan fingerprint density at radius 1 is 1.53 bits per heavy atom. The summed E-state index contributed by atoms with van der Waals surface area (Å²) in [7, 11) is 1.87. The zero-order valence-electron chi connectivity index (χ0n) is 10.4. The molecule has 0 saturated carbocycles. The summed E-state index contributed by atoms with van der Waals surface area (Å²) in [4.78, 5) is 11.2. The van der Waals surface area contributed by atoms with Crippen LogP contribution >= 0.6 is 11.8 Å². The van der Waals surface area contributed by atoms with Gasteiger partial charge in [-0.2, -0.15) is 0 Å². The van der Waals surface area contributed by atoms with Gasteiger partial charge in [-0.25, -0.2) is 9.97 Å². The average molecular weight is 254 g/mol. The number of nitrogens with one attached hydrogen (secondary N) is 1. The number of anilines is 2. The Kier molecular flexibility index (Phi) is 4.06. The summed E-state index contributed by atoms with van der Waals surface area (Å²) in [5, 5.41) is 3.87. The van der Waals surface area contributed by atoms with Gasteiger partial charge in [0, 0.05) is 19.7 Å². The predicted molar refractivity (Wildman–Crippen MR) is 71.0 cm³/mol. The maximum atomic E-state index is 5.44. The van der Waals surface area contributed by atoms with E-state index in [1.165, 1.54) is 0 Å². The lowest BCUT2D eigenvalue weighted by atomic mass is 10.2. The van der Waals surface area contributed by atoms with Crippen LogP contribution in [0, 0.1) is 0 Å². The number of morpholine rings is 1. The van der Waals surface area contributed by atoms with Gasteiger partial charge in [0.05, 0.1) is 19.3 Å². The summed E-state index contributed by atoms with van der Waals surface area (Å²) in [5.74, 6) is 1.84. The van der Waals surface area contributed by atoms with Gasteiger partial charge in [0.25, 0.3) is 0 Å². The highest BCUT2D eigenvalue weighted by molar-refractivity contribution is 7.98. The smallest absolute Gasteiger partial charge is 0.191 e. The number of nitrogens with zero attached hydrogens (tertiary/aromatic N) is 3. The fourth-order valence-corrected chi connectivity index (χ4v) is 2.22. The highest BCUT2D eigenvalue weighted by atomic mass is 32.2. The summed E-state index contributed by atoms with van der Waals surface area (Å²) >= 11 is 1.56. The van der Waals surface area contributed by atoms with E-state index in [1.54, 1.807) is 11.8 Å². The molecule has 0 bridgehead atoms. The third-order valence-electron chi connectivity index (χ3n) is 2.79. The molecule has 1 N–H and O–H groups in total. The summed E-state index contributed by atoms with van der Waals surface area (Å²) in [6, 6.07) is 2.35. The molecule has 17 heavy (non-hydrogen) atoms. The predicted octanol–water partition coefficient (Wildman–Crippen LogP) is 1.47. The minimum absolute atomic E-state index is 0.359. The molecule has 94 valence electrons. The van der Waals surface area contributed by atoms with E-state index in [9.17, 15) is 0 Å². The van der Waals surface area contributed by atoms with Crippen LogP contribution in [0.2, 0.25) is 0 Å². The number of hydrogen-bond acceptors (Lipinski definition) is 6. The van der Waals surface area contributed by atoms with E-state index >= 15 is 0 Å². The summed E-state index contributed by atoms with van der Waals surface area (Å²) in [6.07, 6.45) is 1.99. The van der Waals surface area contributed by atoms with Gasteiger partial charge >= 0.3 is 0 Å². The molecule has 0 aliphatic carbocycles. The summed E-state index contributed by atoms with van der Waals surface area (Å²) < 4.78 is 5.44. The van der Waals surface area contributed by atoms with Crippen LogP contribution in [0.15, 0.2) is 11.2 Å². The SMILES string of the molecule is CNc1cc(N2CCOCC2C)nc(SC)n1. The second kappa shape index (κ2) is 5.55. The lowest BCUT2D eigenvalue weighted by Crippen LogP contribution is -2.44.